The molecule has 1 rings (SSSR count). The summed E-state index contributed by atoms with van der Waals surface area (Å²) in [4.78, 5) is 0. The third-order valence-corrected chi connectivity index (χ3v) is 4.25. The highest BCUT2D eigenvalue weighted by Crippen LogP contribution is 2.33. The van der Waals surface area contributed by atoms with Crippen LogP contribution in [0.5, 0.6) is 0 Å². The molecule has 2 atom stereocenters. The van der Waals surface area contributed by atoms with Crippen LogP contribution in [-0.4, -0.2) is 5.16 Å². The smallest absolute Gasteiger partial charge is 0.0175 e. The minimum Gasteiger partial charge on any atom is -0.131 e. The Bertz CT molecular complexity index is 310. The summed E-state index contributed by atoms with van der Waals surface area (Å²) in [6, 6.07) is 10.9. The fourth-order valence-electron chi connectivity index (χ4n) is 2.45. The average Bonchev–Trinajstić information content (AvgIpc) is 2.33. The molecule has 0 N–H and O–H groups in total. The first-order chi connectivity index (χ1) is 8.54. The number of unbranched alkanes of at least 4 members (excludes halogenated alkanes) is 3. The Labute approximate surface area is 116 Å². The summed E-state index contributed by atoms with van der Waals surface area (Å²) in [6.07, 6.45) is 8.05. The van der Waals surface area contributed by atoms with E-state index in [4.69, 9.17) is 0 Å². The highest BCUT2D eigenvalue weighted by molar-refractivity contribution is 7.18. The van der Waals surface area contributed by atoms with Gasteiger partial charge in [-0.1, -0.05) is 76.8 Å². The van der Waals surface area contributed by atoms with E-state index in [1.807, 2.05) is 0 Å². The van der Waals surface area contributed by atoms with Crippen molar-refractivity contribution in [3.8, 4) is 0 Å². The van der Waals surface area contributed by atoms with E-state index in [0.717, 1.165) is 5.92 Å². The largest absolute Gasteiger partial charge is 0.131 e. The molecule has 0 saturated carbocycles. The zero-order valence-electron chi connectivity index (χ0n) is 12.3. The Morgan fingerprint density at radius 1 is 1.06 bits per heavy atom. The molecule has 1 heteroatoms. The Balaban J connectivity index is 2.51. The topological polar surface area (TPSA) is 0 Å². The average molecular weight is 264 g/mol. The van der Waals surface area contributed by atoms with Gasteiger partial charge in [-0.2, -0.15) is 0 Å². The van der Waals surface area contributed by atoms with Crippen LogP contribution in [0.1, 0.15) is 58.4 Å². The van der Waals surface area contributed by atoms with Crippen molar-refractivity contribution in [3.05, 3.63) is 35.9 Å². The molecule has 1 aromatic rings. The summed E-state index contributed by atoms with van der Waals surface area (Å²) in [5.74, 6) is 0.766. The molecule has 0 heterocycles. The second-order valence-corrected chi connectivity index (χ2v) is 7.55. The highest BCUT2D eigenvalue weighted by atomic mass is 31.0. The van der Waals surface area contributed by atoms with Crippen molar-refractivity contribution in [1.29, 1.82) is 0 Å². The van der Waals surface area contributed by atoms with Crippen LogP contribution in [0.3, 0.4) is 0 Å². The maximum atomic E-state index is 3.05. The predicted octanol–water partition coefficient (Wildman–Crippen LogP) is 5.47. The Kier molecular flexibility index (Phi) is 6.94. The van der Waals surface area contributed by atoms with Gasteiger partial charge >= 0.3 is 0 Å². The molecule has 18 heavy (non-hydrogen) atoms. The van der Waals surface area contributed by atoms with Crippen LogP contribution in [-0.2, 0) is 6.42 Å². The Morgan fingerprint density at radius 2 is 1.72 bits per heavy atom. The van der Waals surface area contributed by atoms with Crippen molar-refractivity contribution in [3.63, 3.8) is 0 Å². The fraction of sp³-hybridized carbons (Fsp3) is 0.647. The third-order valence-electron chi connectivity index (χ3n) is 3.78. The Hall–Kier alpha value is -0.350. The monoisotopic (exact) mass is 264 g/mol. The van der Waals surface area contributed by atoms with Crippen molar-refractivity contribution in [2.75, 3.05) is 0 Å². The van der Waals surface area contributed by atoms with Gasteiger partial charge in [0.1, 0.15) is 0 Å². The van der Waals surface area contributed by atoms with E-state index in [0.29, 0.717) is 5.16 Å². The lowest BCUT2D eigenvalue weighted by Crippen LogP contribution is -2.26. The van der Waals surface area contributed by atoms with Crippen LogP contribution < -0.4 is 0 Å². The van der Waals surface area contributed by atoms with Gasteiger partial charge in [0.05, 0.1) is 0 Å². The van der Waals surface area contributed by atoms with E-state index in [1.54, 1.807) is 0 Å². The van der Waals surface area contributed by atoms with E-state index in [2.05, 4.69) is 60.3 Å². The van der Waals surface area contributed by atoms with Gasteiger partial charge in [-0.25, -0.2) is 0 Å². The lowest BCUT2D eigenvalue weighted by atomic mass is 9.84. The SMILES string of the molecule is CCCCCCC(Cc1ccccc1)C(C)(C)P. The molecule has 0 spiro atoms. The molecule has 0 nitrogen and oxygen atoms in total. The van der Waals surface area contributed by atoms with Crippen molar-refractivity contribution in [2.45, 2.75) is 64.5 Å². The van der Waals surface area contributed by atoms with Crippen LogP contribution in [0, 0.1) is 5.92 Å². The number of rotatable bonds is 8. The normalized spacial score (nSPS) is 13.6. The second-order valence-electron chi connectivity index (χ2n) is 6.06. The van der Waals surface area contributed by atoms with E-state index >= 15 is 0 Å². The summed E-state index contributed by atoms with van der Waals surface area (Å²) in [5, 5.41) is 0.335. The van der Waals surface area contributed by atoms with E-state index in [1.165, 1.54) is 44.1 Å². The molecule has 2 unspecified atom stereocenters. The molecule has 0 aromatic heterocycles. The first-order valence-electron chi connectivity index (χ1n) is 7.37. The molecular formula is C17H29P. The first kappa shape index (κ1) is 15.7. The minimum absolute atomic E-state index is 0.335. The lowest BCUT2D eigenvalue weighted by molar-refractivity contribution is 0.374. The zero-order chi connectivity index (χ0) is 13.4. The van der Waals surface area contributed by atoms with Crippen LogP contribution in [0.2, 0.25) is 0 Å². The van der Waals surface area contributed by atoms with Crippen molar-refractivity contribution in [2.24, 2.45) is 5.92 Å². The molecule has 0 aliphatic heterocycles. The molecule has 0 bridgehead atoms. The van der Waals surface area contributed by atoms with Crippen molar-refractivity contribution in [1.82, 2.24) is 0 Å². The van der Waals surface area contributed by atoms with Gasteiger partial charge < -0.3 is 0 Å². The van der Waals surface area contributed by atoms with Gasteiger partial charge in [0, 0.05) is 0 Å². The zero-order valence-corrected chi connectivity index (χ0v) is 13.4. The molecule has 0 radical (unpaired) electrons. The van der Waals surface area contributed by atoms with Gasteiger partial charge in [-0.05, 0) is 29.5 Å². The summed E-state index contributed by atoms with van der Waals surface area (Å²) in [5.41, 5.74) is 1.48. The van der Waals surface area contributed by atoms with Gasteiger partial charge in [-0.15, -0.1) is 9.24 Å². The highest BCUT2D eigenvalue weighted by Gasteiger charge is 2.24. The van der Waals surface area contributed by atoms with E-state index < -0.39 is 0 Å². The van der Waals surface area contributed by atoms with Gasteiger partial charge in [0.2, 0.25) is 0 Å². The predicted molar refractivity (Wildman–Crippen MR) is 86.2 cm³/mol. The Morgan fingerprint density at radius 3 is 2.28 bits per heavy atom. The lowest BCUT2D eigenvalue weighted by Gasteiger charge is -2.31. The second kappa shape index (κ2) is 7.95. The summed E-state index contributed by atoms with van der Waals surface area (Å²) < 4.78 is 0. The molecule has 0 fully saturated rings. The maximum absolute atomic E-state index is 3.05. The summed E-state index contributed by atoms with van der Waals surface area (Å²) in [6.45, 7) is 6.98. The molecular weight excluding hydrogens is 235 g/mol. The third kappa shape index (κ3) is 6.01. The van der Waals surface area contributed by atoms with Crippen LogP contribution >= 0.6 is 9.24 Å². The van der Waals surface area contributed by atoms with E-state index in [9.17, 15) is 0 Å². The standard InChI is InChI=1S/C17H29P/c1-4-5-6-10-13-16(17(2,3)18)14-15-11-8-7-9-12-15/h7-9,11-12,16H,4-6,10,13-14,18H2,1-3H3. The van der Waals surface area contributed by atoms with Crippen LogP contribution in [0.25, 0.3) is 0 Å². The van der Waals surface area contributed by atoms with Crippen LogP contribution in [0.15, 0.2) is 30.3 Å². The summed E-state index contributed by atoms with van der Waals surface area (Å²) in [7, 11) is 3.05. The molecule has 0 aliphatic carbocycles. The fourth-order valence-corrected chi connectivity index (χ4v) is 2.74. The number of benzene rings is 1. The van der Waals surface area contributed by atoms with Gasteiger partial charge in [-0.3, -0.25) is 0 Å². The molecule has 0 saturated heterocycles. The molecule has 0 amide bonds. The minimum atomic E-state index is 0.335. The molecule has 102 valence electrons. The van der Waals surface area contributed by atoms with Gasteiger partial charge in [0.25, 0.3) is 0 Å². The molecule has 1 aromatic carbocycles. The van der Waals surface area contributed by atoms with Crippen LogP contribution in [0.4, 0.5) is 0 Å². The van der Waals surface area contributed by atoms with E-state index in [-0.39, 0.29) is 0 Å². The number of hydrogen-bond acceptors (Lipinski definition) is 0. The quantitative estimate of drug-likeness (QED) is 0.431. The van der Waals surface area contributed by atoms with Crippen molar-refractivity contribution < 1.29 is 0 Å². The number of hydrogen-bond donors (Lipinski definition) is 0. The summed E-state index contributed by atoms with van der Waals surface area (Å²) >= 11 is 0. The van der Waals surface area contributed by atoms with Crippen molar-refractivity contribution >= 4 is 9.24 Å². The van der Waals surface area contributed by atoms with Gasteiger partial charge in [0.15, 0.2) is 0 Å². The maximum Gasteiger partial charge on any atom is -0.0175 e. The molecule has 0 aliphatic rings. The first-order valence-corrected chi connectivity index (χ1v) is 7.94.